The number of hydrogen-bond donors (Lipinski definition) is 0. The van der Waals surface area contributed by atoms with Gasteiger partial charge in [0.05, 0.1) is 11.8 Å². The second-order valence-electron chi connectivity index (χ2n) is 4.59. The Labute approximate surface area is 115 Å². The second-order valence-corrected chi connectivity index (χ2v) is 5.31. The van der Waals surface area contributed by atoms with Crippen LogP contribution in [0.1, 0.15) is 32.6 Å². The lowest BCUT2D eigenvalue weighted by Crippen LogP contribution is -2.06. The van der Waals surface area contributed by atoms with Crippen molar-refractivity contribution in [2.45, 2.75) is 27.2 Å². The van der Waals surface area contributed by atoms with Crippen LogP contribution in [0, 0.1) is 20.8 Å². The average molecular weight is 307 g/mol. The maximum Gasteiger partial charge on any atom is 0.179 e. The summed E-state index contributed by atoms with van der Waals surface area (Å²) in [6, 6.07) is 5.92. The second kappa shape index (κ2) is 5.11. The third-order valence-electron chi connectivity index (χ3n) is 3.10. The highest BCUT2D eigenvalue weighted by atomic mass is 79.9. The molecule has 1 heterocycles. The predicted molar refractivity (Wildman–Crippen MR) is 75.1 cm³/mol. The number of carbonyl (C=O) groups is 1. The van der Waals surface area contributed by atoms with E-state index < -0.39 is 0 Å². The van der Waals surface area contributed by atoms with Crippen LogP contribution in [0.2, 0.25) is 0 Å². The van der Waals surface area contributed by atoms with Crippen LogP contribution >= 0.6 is 15.9 Å². The summed E-state index contributed by atoms with van der Waals surface area (Å²) in [5.74, 6) is 0.0747. The van der Waals surface area contributed by atoms with E-state index in [1.807, 2.05) is 13.8 Å². The van der Waals surface area contributed by atoms with Crippen LogP contribution in [0.3, 0.4) is 0 Å². The Balaban J connectivity index is 2.31. The first-order valence-corrected chi connectivity index (χ1v) is 6.61. The molecule has 0 aliphatic rings. The minimum atomic E-state index is 0.0747. The molecule has 0 radical (unpaired) electrons. The predicted octanol–water partition coefficient (Wildman–Crippen LogP) is 4.39. The van der Waals surface area contributed by atoms with E-state index in [4.69, 9.17) is 4.42 Å². The van der Waals surface area contributed by atoms with Crippen molar-refractivity contribution in [1.82, 2.24) is 0 Å². The number of halogens is 1. The first-order valence-electron chi connectivity index (χ1n) is 5.82. The molecule has 0 N–H and O–H groups in total. The first-order chi connectivity index (χ1) is 8.49. The first kappa shape index (κ1) is 13.1. The number of furan rings is 1. The Kier molecular flexibility index (Phi) is 3.71. The smallest absolute Gasteiger partial charge is 0.179 e. The number of benzene rings is 1. The van der Waals surface area contributed by atoms with Gasteiger partial charge in [0, 0.05) is 6.42 Å². The number of ketones is 1. The van der Waals surface area contributed by atoms with E-state index in [1.165, 1.54) is 23.0 Å². The van der Waals surface area contributed by atoms with E-state index in [1.54, 1.807) is 6.07 Å². The van der Waals surface area contributed by atoms with Crippen molar-refractivity contribution >= 4 is 21.7 Å². The van der Waals surface area contributed by atoms with Gasteiger partial charge in [-0.05, 0) is 59.5 Å². The fourth-order valence-electron chi connectivity index (χ4n) is 2.24. The number of rotatable bonds is 3. The summed E-state index contributed by atoms with van der Waals surface area (Å²) in [5, 5.41) is 0. The maximum absolute atomic E-state index is 12.2. The van der Waals surface area contributed by atoms with Gasteiger partial charge in [-0.2, -0.15) is 0 Å². The summed E-state index contributed by atoms with van der Waals surface area (Å²) < 4.78 is 5.61. The van der Waals surface area contributed by atoms with Crippen molar-refractivity contribution in [3.63, 3.8) is 0 Å². The van der Waals surface area contributed by atoms with Crippen molar-refractivity contribution in [3.8, 4) is 0 Å². The molecule has 0 amide bonds. The Morgan fingerprint density at radius 1 is 1.22 bits per heavy atom. The zero-order valence-corrected chi connectivity index (χ0v) is 12.3. The Morgan fingerprint density at radius 2 is 1.83 bits per heavy atom. The molecule has 2 nitrogen and oxygen atoms in total. The topological polar surface area (TPSA) is 30.2 Å². The summed E-state index contributed by atoms with van der Waals surface area (Å²) in [6.07, 6.45) is 1.93. The molecule has 94 valence electrons. The van der Waals surface area contributed by atoms with Crippen LogP contribution < -0.4 is 0 Å². The van der Waals surface area contributed by atoms with Gasteiger partial charge < -0.3 is 4.42 Å². The average Bonchev–Trinajstić information content (AvgIpc) is 2.69. The van der Waals surface area contributed by atoms with Crippen LogP contribution in [0.15, 0.2) is 33.5 Å². The Morgan fingerprint density at radius 3 is 2.33 bits per heavy atom. The van der Waals surface area contributed by atoms with Crippen LogP contribution in [-0.4, -0.2) is 5.78 Å². The summed E-state index contributed by atoms with van der Waals surface area (Å²) in [4.78, 5) is 12.2. The highest BCUT2D eigenvalue weighted by molar-refractivity contribution is 9.10. The maximum atomic E-state index is 12.2. The number of carbonyl (C=O) groups excluding carboxylic acids is 1. The molecular weight excluding hydrogens is 292 g/mol. The van der Waals surface area contributed by atoms with Crippen molar-refractivity contribution in [1.29, 1.82) is 0 Å². The van der Waals surface area contributed by atoms with Crippen molar-refractivity contribution < 1.29 is 9.21 Å². The van der Waals surface area contributed by atoms with Gasteiger partial charge in [0.1, 0.15) is 0 Å². The molecule has 2 aromatic rings. The standard InChI is InChI=1S/C15H15BrO2/c1-9-6-10(2)13(11(3)7-9)8-14(17)12-4-5-18-15(12)16/h4-7H,8H2,1-3H3. The highest BCUT2D eigenvalue weighted by Gasteiger charge is 2.15. The fraction of sp³-hybridized carbons (Fsp3) is 0.267. The highest BCUT2D eigenvalue weighted by Crippen LogP contribution is 2.22. The molecule has 0 saturated carbocycles. The van der Waals surface area contributed by atoms with E-state index in [9.17, 15) is 4.79 Å². The van der Waals surface area contributed by atoms with Crippen LogP contribution in [0.4, 0.5) is 0 Å². The van der Waals surface area contributed by atoms with Crippen molar-refractivity contribution in [2.24, 2.45) is 0 Å². The van der Waals surface area contributed by atoms with Crippen LogP contribution in [0.25, 0.3) is 0 Å². The van der Waals surface area contributed by atoms with Gasteiger partial charge in [-0.3, -0.25) is 4.79 Å². The third-order valence-corrected chi connectivity index (χ3v) is 3.71. The Bertz CT molecular complexity index is 573. The molecule has 0 fully saturated rings. The number of aryl methyl sites for hydroxylation is 3. The lowest BCUT2D eigenvalue weighted by Gasteiger charge is -2.10. The van der Waals surface area contributed by atoms with Gasteiger partial charge in [0.25, 0.3) is 0 Å². The third kappa shape index (κ3) is 2.56. The normalized spacial score (nSPS) is 10.7. The van der Waals surface area contributed by atoms with Gasteiger partial charge in [-0.15, -0.1) is 0 Å². The van der Waals surface area contributed by atoms with Gasteiger partial charge >= 0.3 is 0 Å². The zero-order valence-electron chi connectivity index (χ0n) is 10.7. The molecule has 0 atom stereocenters. The molecule has 3 heteroatoms. The lowest BCUT2D eigenvalue weighted by molar-refractivity contribution is 0.0991. The van der Waals surface area contributed by atoms with Gasteiger partial charge in [-0.1, -0.05) is 17.7 Å². The molecular formula is C15H15BrO2. The summed E-state index contributed by atoms with van der Waals surface area (Å²) in [7, 11) is 0. The minimum absolute atomic E-state index is 0.0747. The molecule has 0 bridgehead atoms. The molecule has 0 aliphatic carbocycles. The van der Waals surface area contributed by atoms with Gasteiger partial charge in [0.15, 0.2) is 10.5 Å². The summed E-state index contributed by atoms with van der Waals surface area (Å²) in [5.41, 5.74) is 5.28. The molecule has 2 rings (SSSR count). The van der Waals surface area contributed by atoms with Gasteiger partial charge in [-0.25, -0.2) is 0 Å². The molecule has 1 aromatic heterocycles. The lowest BCUT2D eigenvalue weighted by atomic mass is 9.94. The number of hydrogen-bond acceptors (Lipinski definition) is 2. The van der Waals surface area contributed by atoms with Crippen LogP contribution in [-0.2, 0) is 6.42 Å². The summed E-state index contributed by atoms with van der Waals surface area (Å²) in [6.45, 7) is 6.16. The molecule has 0 aliphatic heterocycles. The van der Waals surface area contributed by atoms with Gasteiger partial charge in [0.2, 0.25) is 0 Å². The van der Waals surface area contributed by atoms with Crippen LogP contribution in [0.5, 0.6) is 0 Å². The minimum Gasteiger partial charge on any atom is -0.457 e. The molecule has 0 unspecified atom stereocenters. The van der Waals surface area contributed by atoms with E-state index in [-0.39, 0.29) is 5.78 Å². The van der Waals surface area contributed by atoms with E-state index in [0.717, 1.165) is 5.56 Å². The Hall–Kier alpha value is -1.35. The van der Waals surface area contributed by atoms with E-state index in [0.29, 0.717) is 16.7 Å². The molecule has 0 spiro atoms. The van der Waals surface area contributed by atoms with Crippen molar-refractivity contribution in [2.75, 3.05) is 0 Å². The van der Waals surface area contributed by atoms with E-state index >= 15 is 0 Å². The van der Waals surface area contributed by atoms with Crippen molar-refractivity contribution in [3.05, 3.63) is 56.9 Å². The largest absolute Gasteiger partial charge is 0.457 e. The monoisotopic (exact) mass is 306 g/mol. The quantitative estimate of drug-likeness (QED) is 0.787. The fourth-order valence-corrected chi connectivity index (χ4v) is 2.70. The molecule has 0 saturated heterocycles. The molecule has 1 aromatic carbocycles. The summed E-state index contributed by atoms with van der Waals surface area (Å²) >= 11 is 3.24. The number of Topliss-reactive ketones (excluding diaryl/α,β-unsaturated/α-hetero) is 1. The zero-order chi connectivity index (χ0) is 13.3. The SMILES string of the molecule is Cc1cc(C)c(CC(=O)c2ccoc2Br)c(C)c1. The molecule has 18 heavy (non-hydrogen) atoms. The van der Waals surface area contributed by atoms with E-state index in [2.05, 4.69) is 35.0 Å².